The van der Waals surface area contributed by atoms with Crippen molar-refractivity contribution in [3.8, 4) is 0 Å². The van der Waals surface area contributed by atoms with Crippen LogP contribution in [0.3, 0.4) is 0 Å². The van der Waals surface area contributed by atoms with Gasteiger partial charge in [-0.05, 0) is 0 Å². The number of nitrogens with two attached hydrogens (primary N) is 1. The van der Waals surface area contributed by atoms with E-state index in [4.69, 9.17) is 14.8 Å². The van der Waals surface area contributed by atoms with Crippen molar-refractivity contribution in [3.63, 3.8) is 0 Å². The molecule has 0 aromatic heterocycles. The molecule has 0 amide bonds. The van der Waals surface area contributed by atoms with Gasteiger partial charge in [0.25, 0.3) is 20.2 Å². The molecule has 0 bridgehead atoms. The molecule has 0 aromatic rings. The summed E-state index contributed by atoms with van der Waals surface area (Å²) >= 11 is 0. The molecule has 20 heavy (non-hydrogen) atoms. The highest BCUT2D eigenvalue weighted by Crippen LogP contribution is 2.34. The van der Waals surface area contributed by atoms with Crippen LogP contribution in [0, 0.1) is 0 Å². The molecule has 1 aliphatic heterocycles. The van der Waals surface area contributed by atoms with Crippen LogP contribution in [0.4, 0.5) is 0 Å². The molecular weight excluding hydrogens is 326 g/mol. The first kappa shape index (κ1) is 17.6. The molecule has 0 aliphatic carbocycles. The average Bonchev–Trinajstić information content (AvgIpc) is 2.27. The van der Waals surface area contributed by atoms with E-state index in [9.17, 15) is 37.3 Å². The molecule has 0 spiro atoms. The second-order valence-electron chi connectivity index (χ2n) is 4.09. The molecule has 2 unspecified atom stereocenters. The first-order valence-electron chi connectivity index (χ1n) is 4.85. The van der Waals surface area contributed by atoms with Crippen molar-refractivity contribution in [2.45, 2.75) is 34.9 Å². The summed E-state index contributed by atoms with van der Waals surface area (Å²) in [5, 5.41) is 37.9. The molecule has 0 radical (unpaired) electrons. The normalized spacial score (nSPS) is 41.4. The lowest BCUT2D eigenvalue weighted by Gasteiger charge is -2.45. The molecule has 8 N–H and O–H groups in total. The minimum absolute atomic E-state index is 2.28. The molecule has 6 atom stereocenters. The summed E-state index contributed by atoms with van der Waals surface area (Å²) in [4.78, 5) is -3.62. The summed E-state index contributed by atoms with van der Waals surface area (Å²) in [5.74, 6) is 0. The summed E-state index contributed by atoms with van der Waals surface area (Å²) < 4.78 is 65.5. The minimum atomic E-state index is -5.52. The predicted octanol–water partition coefficient (Wildman–Crippen LogP) is -4.83. The van der Waals surface area contributed by atoms with Crippen molar-refractivity contribution in [2.24, 2.45) is 5.73 Å². The Balaban J connectivity index is 3.36. The molecule has 1 saturated heterocycles. The highest BCUT2D eigenvalue weighted by atomic mass is 32.2. The Bertz CT molecular complexity index is 572. The second-order valence-corrected chi connectivity index (χ2v) is 7.21. The fourth-order valence-electron chi connectivity index (χ4n) is 1.67. The maximum atomic E-state index is 11.1. The first-order valence-corrected chi connectivity index (χ1v) is 7.80. The molecule has 1 rings (SSSR count). The van der Waals surface area contributed by atoms with Gasteiger partial charge in [-0.25, -0.2) is 0 Å². The molecule has 120 valence electrons. The monoisotopic (exact) mass is 339 g/mol. The van der Waals surface area contributed by atoms with E-state index in [-0.39, 0.29) is 0 Å². The Morgan fingerprint density at radius 3 is 1.95 bits per heavy atom. The van der Waals surface area contributed by atoms with Crippen LogP contribution in [0.5, 0.6) is 0 Å². The quantitative estimate of drug-likeness (QED) is 0.240. The van der Waals surface area contributed by atoms with Crippen molar-refractivity contribution < 1.29 is 51.1 Å². The maximum Gasteiger partial charge on any atom is 0.299 e. The van der Waals surface area contributed by atoms with Crippen LogP contribution in [-0.2, 0) is 25.0 Å². The Kier molecular flexibility index (Phi) is 4.49. The van der Waals surface area contributed by atoms with Crippen LogP contribution in [0.15, 0.2) is 0 Å². The lowest BCUT2D eigenvalue weighted by molar-refractivity contribution is -0.266. The van der Waals surface area contributed by atoms with Gasteiger partial charge in [0.15, 0.2) is 6.29 Å². The first-order chi connectivity index (χ1) is 8.74. The smallest absolute Gasteiger partial charge is 0.299 e. The summed E-state index contributed by atoms with van der Waals surface area (Å²) in [6.07, 6.45) is -7.65. The molecule has 1 fully saturated rings. The molecule has 1 aliphatic rings. The molecular formula is C6H13NO11S2. The van der Waals surface area contributed by atoms with Crippen molar-refractivity contribution in [3.05, 3.63) is 0 Å². The molecule has 0 aromatic carbocycles. The number of aliphatic hydroxyl groups excluding tert-OH is 3. The van der Waals surface area contributed by atoms with E-state index in [1.165, 1.54) is 0 Å². The van der Waals surface area contributed by atoms with Gasteiger partial charge >= 0.3 is 0 Å². The third-order valence-electron chi connectivity index (χ3n) is 2.82. The average molecular weight is 339 g/mol. The van der Waals surface area contributed by atoms with Crippen LogP contribution >= 0.6 is 0 Å². The van der Waals surface area contributed by atoms with E-state index in [0.29, 0.717) is 0 Å². The largest absolute Gasteiger partial charge is 0.386 e. The van der Waals surface area contributed by atoms with Gasteiger partial charge in [0, 0.05) is 0 Å². The lowest BCUT2D eigenvalue weighted by Crippen LogP contribution is -2.74. The van der Waals surface area contributed by atoms with Crippen LogP contribution in [0.25, 0.3) is 0 Å². The van der Waals surface area contributed by atoms with Crippen LogP contribution in [0.2, 0.25) is 0 Å². The molecule has 14 heteroatoms. The SMILES string of the molecule is N[C@H]1C(O)O[C@H](C(O)S(=O)(=O)O)[C@H](O)[C@@]1(O)S(=O)(=O)O. The molecule has 0 saturated carbocycles. The van der Waals surface area contributed by atoms with Gasteiger partial charge in [0.1, 0.15) is 18.2 Å². The Labute approximate surface area is 112 Å². The van der Waals surface area contributed by atoms with Crippen molar-refractivity contribution in [2.75, 3.05) is 0 Å². The van der Waals surface area contributed by atoms with Crippen molar-refractivity contribution in [1.29, 1.82) is 0 Å². The van der Waals surface area contributed by atoms with Crippen LogP contribution in [0.1, 0.15) is 0 Å². The fraction of sp³-hybridized carbons (Fsp3) is 1.00. The van der Waals surface area contributed by atoms with Gasteiger partial charge in [-0.3, -0.25) is 9.11 Å². The van der Waals surface area contributed by atoms with Gasteiger partial charge in [-0.15, -0.1) is 0 Å². The van der Waals surface area contributed by atoms with Gasteiger partial charge < -0.3 is 30.9 Å². The van der Waals surface area contributed by atoms with E-state index < -0.39 is 55.1 Å². The fourth-order valence-corrected chi connectivity index (χ4v) is 3.13. The standard InChI is InChI=1S/C6H13NO11S2/c7-2-4(9)18-1(5(10)19(12,13)14)3(8)6(2,11)20(15,16)17/h1-5,8-11H,7H2,(H,12,13,14)(H,15,16,17)/t1-,2-,3-,4?,5?,6-/m0/s1. The molecule has 12 nitrogen and oxygen atoms in total. The zero-order chi connectivity index (χ0) is 16.1. The zero-order valence-electron chi connectivity index (χ0n) is 9.51. The summed E-state index contributed by atoms with van der Waals surface area (Å²) in [5.41, 5.74) is 2.18. The third-order valence-corrected chi connectivity index (χ3v) is 5.03. The Morgan fingerprint density at radius 2 is 1.60 bits per heavy atom. The summed E-state index contributed by atoms with van der Waals surface area (Å²) in [6.45, 7) is 0. The van der Waals surface area contributed by atoms with E-state index in [1.807, 2.05) is 0 Å². The van der Waals surface area contributed by atoms with Gasteiger partial charge in [-0.1, -0.05) is 0 Å². The minimum Gasteiger partial charge on any atom is -0.386 e. The van der Waals surface area contributed by atoms with Gasteiger partial charge in [-0.2, -0.15) is 16.8 Å². The van der Waals surface area contributed by atoms with E-state index >= 15 is 0 Å². The summed E-state index contributed by atoms with van der Waals surface area (Å²) in [7, 11) is -10.8. The van der Waals surface area contributed by atoms with Gasteiger partial charge in [0.2, 0.25) is 10.4 Å². The highest BCUT2D eigenvalue weighted by Gasteiger charge is 2.64. The molecule has 1 heterocycles. The Hall–Kier alpha value is -0.420. The number of rotatable bonds is 3. The summed E-state index contributed by atoms with van der Waals surface area (Å²) in [6, 6.07) is -2.28. The lowest BCUT2D eigenvalue weighted by atomic mass is 9.97. The van der Waals surface area contributed by atoms with Crippen molar-refractivity contribution >= 4 is 20.2 Å². The van der Waals surface area contributed by atoms with Crippen LogP contribution < -0.4 is 5.73 Å². The zero-order valence-corrected chi connectivity index (χ0v) is 11.1. The van der Waals surface area contributed by atoms with E-state index in [1.54, 1.807) is 0 Å². The predicted molar refractivity (Wildman–Crippen MR) is 58.9 cm³/mol. The number of aliphatic hydroxyl groups is 4. The topological polar surface area (TPSA) is 225 Å². The van der Waals surface area contributed by atoms with E-state index in [2.05, 4.69) is 4.74 Å². The number of hydrogen-bond acceptors (Lipinski definition) is 10. The number of hydrogen-bond donors (Lipinski definition) is 7. The Morgan fingerprint density at radius 1 is 1.15 bits per heavy atom. The number of ether oxygens (including phenoxy) is 1. The van der Waals surface area contributed by atoms with Gasteiger partial charge in [0.05, 0.1) is 0 Å². The third kappa shape index (κ3) is 2.67. The second kappa shape index (κ2) is 5.09. The highest BCUT2D eigenvalue weighted by molar-refractivity contribution is 7.87. The van der Waals surface area contributed by atoms with Crippen LogP contribution in [-0.4, -0.2) is 81.3 Å². The van der Waals surface area contributed by atoms with E-state index in [0.717, 1.165) is 0 Å². The maximum absolute atomic E-state index is 11.1. The van der Waals surface area contributed by atoms with Crippen molar-refractivity contribution in [1.82, 2.24) is 0 Å².